The van der Waals surface area contributed by atoms with Crippen molar-refractivity contribution in [2.24, 2.45) is 13.0 Å². The quantitative estimate of drug-likeness (QED) is 0.837. The second kappa shape index (κ2) is 7.66. The van der Waals surface area contributed by atoms with E-state index in [-0.39, 0.29) is 11.6 Å². The number of para-hydroxylation sites is 2. The van der Waals surface area contributed by atoms with Crippen molar-refractivity contribution < 1.29 is 4.79 Å². The lowest BCUT2D eigenvalue weighted by Gasteiger charge is -2.22. The molecule has 0 aliphatic carbocycles. The maximum Gasteiger partial charge on any atom is 0.328 e. The van der Waals surface area contributed by atoms with Crippen molar-refractivity contribution in [1.82, 2.24) is 19.8 Å². The molecule has 1 amide bonds. The molecule has 6 nitrogen and oxygen atoms in total. The Morgan fingerprint density at radius 2 is 2.12 bits per heavy atom. The predicted octanol–water partition coefficient (Wildman–Crippen LogP) is 1.24. The minimum absolute atomic E-state index is 0.0126. The molecule has 0 saturated carbocycles. The predicted molar refractivity (Wildman–Crippen MR) is 95.0 cm³/mol. The summed E-state index contributed by atoms with van der Waals surface area (Å²) >= 11 is 0. The van der Waals surface area contributed by atoms with Crippen molar-refractivity contribution in [2.45, 2.75) is 32.2 Å². The number of imidazole rings is 1. The Morgan fingerprint density at radius 1 is 1.33 bits per heavy atom. The number of hydrogen-bond acceptors (Lipinski definition) is 3. The second-order valence-corrected chi connectivity index (χ2v) is 6.58. The summed E-state index contributed by atoms with van der Waals surface area (Å²) in [6, 6.07) is 7.67. The van der Waals surface area contributed by atoms with E-state index < -0.39 is 0 Å². The third kappa shape index (κ3) is 3.70. The molecule has 1 aliphatic rings. The van der Waals surface area contributed by atoms with E-state index in [4.69, 9.17) is 0 Å². The average Bonchev–Trinajstić information content (AvgIpc) is 2.85. The number of fused-ring (bicyclic) bond motifs is 1. The molecule has 0 radical (unpaired) electrons. The summed E-state index contributed by atoms with van der Waals surface area (Å²) in [5.74, 6) is 0.679. The highest BCUT2D eigenvalue weighted by molar-refractivity contribution is 5.77. The smallest absolute Gasteiger partial charge is 0.328 e. The Balaban J connectivity index is 1.51. The minimum atomic E-state index is -0.0720. The molecule has 0 spiro atoms. The minimum Gasteiger partial charge on any atom is -0.356 e. The number of nitrogens with one attached hydrogen (secondary N) is 2. The number of aromatic nitrogens is 2. The van der Waals surface area contributed by atoms with Crippen molar-refractivity contribution in [3.8, 4) is 0 Å². The first-order valence-corrected chi connectivity index (χ1v) is 8.78. The zero-order chi connectivity index (χ0) is 16.9. The van der Waals surface area contributed by atoms with Crippen LogP contribution in [-0.2, 0) is 18.4 Å². The molecule has 1 fully saturated rings. The highest BCUT2D eigenvalue weighted by atomic mass is 16.2. The Bertz CT molecular complexity index is 756. The van der Waals surface area contributed by atoms with Crippen LogP contribution in [0.3, 0.4) is 0 Å². The maximum absolute atomic E-state index is 12.3. The van der Waals surface area contributed by atoms with Gasteiger partial charge in [0.1, 0.15) is 0 Å². The number of carbonyl (C=O) groups excluding carboxylic acids is 1. The first kappa shape index (κ1) is 16.8. The Morgan fingerprint density at radius 3 is 2.88 bits per heavy atom. The Labute approximate surface area is 141 Å². The van der Waals surface area contributed by atoms with E-state index in [1.54, 1.807) is 16.2 Å². The van der Waals surface area contributed by atoms with Crippen molar-refractivity contribution in [3.63, 3.8) is 0 Å². The topological polar surface area (TPSA) is 68.1 Å². The molecule has 130 valence electrons. The monoisotopic (exact) mass is 330 g/mol. The van der Waals surface area contributed by atoms with Gasteiger partial charge in [-0.15, -0.1) is 0 Å². The Kier molecular flexibility index (Phi) is 5.35. The molecule has 1 saturated heterocycles. The molecule has 1 atom stereocenters. The molecule has 1 unspecified atom stereocenters. The van der Waals surface area contributed by atoms with Crippen LogP contribution >= 0.6 is 0 Å². The molecule has 24 heavy (non-hydrogen) atoms. The van der Waals surface area contributed by atoms with Gasteiger partial charge in [-0.2, -0.15) is 0 Å². The number of aryl methyl sites for hydroxylation is 2. The van der Waals surface area contributed by atoms with Gasteiger partial charge in [-0.1, -0.05) is 12.1 Å². The number of piperidine rings is 1. The average molecular weight is 330 g/mol. The number of benzene rings is 1. The van der Waals surface area contributed by atoms with Gasteiger partial charge in [0.2, 0.25) is 5.91 Å². The molecule has 2 N–H and O–H groups in total. The molecular formula is C18H26N4O2. The van der Waals surface area contributed by atoms with Crippen molar-refractivity contribution >= 4 is 16.9 Å². The van der Waals surface area contributed by atoms with E-state index in [2.05, 4.69) is 10.6 Å². The van der Waals surface area contributed by atoms with Crippen LogP contribution in [0.15, 0.2) is 29.1 Å². The van der Waals surface area contributed by atoms with Crippen LogP contribution in [0.4, 0.5) is 0 Å². The van der Waals surface area contributed by atoms with Gasteiger partial charge in [0, 0.05) is 26.6 Å². The number of hydrogen-bond donors (Lipinski definition) is 2. The second-order valence-electron chi connectivity index (χ2n) is 6.58. The van der Waals surface area contributed by atoms with Gasteiger partial charge >= 0.3 is 5.69 Å². The van der Waals surface area contributed by atoms with Crippen LogP contribution in [0.5, 0.6) is 0 Å². The fourth-order valence-electron chi connectivity index (χ4n) is 3.47. The van der Waals surface area contributed by atoms with E-state index >= 15 is 0 Å². The third-order valence-corrected chi connectivity index (χ3v) is 4.89. The molecule has 3 rings (SSSR count). The number of amides is 1. The fourth-order valence-corrected chi connectivity index (χ4v) is 3.47. The van der Waals surface area contributed by atoms with Crippen LogP contribution < -0.4 is 16.3 Å². The molecular weight excluding hydrogens is 304 g/mol. The molecule has 1 aromatic heterocycles. The molecule has 0 bridgehead atoms. The van der Waals surface area contributed by atoms with E-state index in [0.717, 1.165) is 37.1 Å². The molecule has 2 aromatic rings. The van der Waals surface area contributed by atoms with Crippen LogP contribution in [0, 0.1) is 5.92 Å². The third-order valence-electron chi connectivity index (χ3n) is 4.89. The molecule has 1 aromatic carbocycles. The molecule has 1 aliphatic heterocycles. The number of rotatable bonds is 6. The lowest BCUT2D eigenvalue weighted by atomic mass is 9.96. The normalized spacial score (nSPS) is 18.0. The van der Waals surface area contributed by atoms with Crippen LogP contribution in [0.1, 0.15) is 25.7 Å². The maximum atomic E-state index is 12.3. The van der Waals surface area contributed by atoms with Gasteiger partial charge < -0.3 is 10.6 Å². The van der Waals surface area contributed by atoms with Gasteiger partial charge in [-0.25, -0.2) is 4.79 Å². The van der Waals surface area contributed by atoms with E-state index in [1.807, 2.05) is 24.3 Å². The number of nitrogens with zero attached hydrogens (tertiary/aromatic N) is 2. The van der Waals surface area contributed by atoms with E-state index in [1.165, 1.54) is 12.8 Å². The summed E-state index contributed by atoms with van der Waals surface area (Å²) in [6.45, 7) is 3.30. The number of carbonyl (C=O) groups is 1. The summed E-state index contributed by atoms with van der Waals surface area (Å²) in [7, 11) is 1.76. The highest BCUT2D eigenvalue weighted by Crippen LogP contribution is 2.13. The zero-order valence-corrected chi connectivity index (χ0v) is 14.3. The SMILES string of the molecule is Cn1c(=O)n(CCC(=O)NCCC2CCCNC2)c2ccccc21. The van der Waals surface area contributed by atoms with Gasteiger partial charge in [0.15, 0.2) is 0 Å². The zero-order valence-electron chi connectivity index (χ0n) is 14.3. The van der Waals surface area contributed by atoms with Gasteiger partial charge in [-0.05, 0) is 50.4 Å². The summed E-state index contributed by atoms with van der Waals surface area (Å²) in [5.41, 5.74) is 1.70. The highest BCUT2D eigenvalue weighted by Gasteiger charge is 2.14. The van der Waals surface area contributed by atoms with Crippen LogP contribution in [0.2, 0.25) is 0 Å². The summed E-state index contributed by atoms with van der Waals surface area (Å²) in [5, 5.41) is 6.38. The lowest BCUT2D eigenvalue weighted by Crippen LogP contribution is -2.33. The fraction of sp³-hybridized carbons (Fsp3) is 0.556. The van der Waals surface area contributed by atoms with E-state index in [9.17, 15) is 9.59 Å². The van der Waals surface area contributed by atoms with Crippen molar-refractivity contribution in [3.05, 3.63) is 34.7 Å². The summed E-state index contributed by atoms with van der Waals surface area (Å²) in [4.78, 5) is 24.4. The largest absolute Gasteiger partial charge is 0.356 e. The molecule has 6 heteroatoms. The first-order chi connectivity index (χ1) is 11.7. The lowest BCUT2D eigenvalue weighted by molar-refractivity contribution is -0.121. The first-order valence-electron chi connectivity index (χ1n) is 8.78. The van der Waals surface area contributed by atoms with Gasteiger partial charge in [-0.3, -0.25) is 13.9 Å². The summed E-state index contributed by atoms with van der Waals surface area (Å²) in [6.07, 6.45) is 3.82. The van der Waals surface area contributed by atoms with Crippen molar-refractivity contribution in [1.29, 1.82) is 0 Å². The van der Waals surface area contributed by atoms with Gasteiger partial charge in [0.25, 0.3) is 0 Å². The van der Waals surface area contributed by atoms with E-state index in [0.29, 0.717) is 18.9 Å². The Hall–Kier alpha value is -2.08. The van der Waals surface area contributed by atoms with Crippen LogP contribution in [-0.4, -0.2) is 34.7 Å². The standard InChI is InChI=1S/C18H26N4O2/c1-21-15-6-2-3-7-16(15)22(18(21)24)12-9-17(23)20-11-8-14-5-4-10-19-13-14/h2-3,6-7,14,19H,4-5,8-13H2,1H3,(H,20,23). The van der Waals surface area contributed by atoms with Crippen molar-refractivity contribution in [2.75, 3.05) is 19.6 Å². The summed E-state index contributed by atoms with van der Waals surface area (Å²) < 4.78 is 3.31. The van der Waals surface area contributed by atoms with Crippen LogP contribution in [0.25, 0.3) is 11.0 Å². The van der Waals surface area contributed by atoms with Gasteiger partial charge in [0.05, 0.1) is 11.0 Å². The molecule has 2 heterocycles.